The van der Waals surface area contributed by atoms with E-state index >= 15 is 0 Å². The van der Waals surface area contributed by atoms with Crippen LogP contribution in [-0.2, 0) is 16.0 Å². The number of benzene rings is 2. The molecule has 1 amide bonds. The number of aromatic nitrogens is 1. The number of pyridine rings is 1. The van der Waals surface area contributed by atoms with Crippen LogP contribution in [0.25, 0.3) is 5.76 Å². The Morgan fingerprint density at radius 1 is 0.946 bits per heavy atom. The van der Waals surface area contributed by atoms with Crippen molar-refractivity contribution in [2.75, 3.05) is 49.6 Å². The molecule has 37 heavy (non-hydrogen) atoms. The van der Waals surface area contributed by atoms with Crippen molar-refractivity contribution in [3.05, 3.63) is 89.3 Å². The molecule has 4 heterocycles. The molecule has 1 N–H and O–H groups in total. The maximum atomic E-state index is 13.4. The van der Waals surface area contributed by atoms with Crippen LogP contribution in [0.15, 0.2) is 72.6 Å². The van der Waals surface area contributed by atoms with Crippen molar-refractivity contribution >= 4 is 28.8 Å². The third kappa shape index (κ3) is 4.13. The van der Waals surface area contributed by atoms with Crippen molar-refractivity contribution in [3.8, 4) is 5.75 Å². The van der Waals surface area contributed by atoms with Gasteiger partial charge in [0, 0.05) is 61.9 Å². The van der Waals surface area contributed by atoms with Crippen LogP contribution in [0.5, 0.6) is 5.75 Å². The minimum absolute atomic E-state index is 0.0678. The van der Waals surface area contributed by atoms with Crippen molar-refractivity contribution in [2.24, 2.45) is 0 Å². The summed E-state index contributed by atoms with van der Waals surface area (Å²) in [7, 11) is 2.12. The predicted molar refractivity (Wildman–Crippen MR) is 141 cm³/mol. The lowest BCUT2D eigenvalue weighted by molar-refractivity contribution is -0.132. The number of hydrogen-bond donors (Lipinski definition) is 1. The zero-order valence-corrected chi connectivity index (χ0v) is 20.6. The number of nitrogens with zero attached hydrogens (tertiary/aromatic N) is 4. The summed E-state index contributed by atoms with van der Waals surface area (Å²) < 4.78 is 5.58. The molecule has 2 saturated heterocycles. The molecule has 6 rings (SSSR count). The maximum absolute atomic E-state index is 13.4. The predicted octanol–water partition coefficient (Wildman–Crippen LogP) is 3.39. The van der Waals surface area contributed by atoms with Crippen molar-refractivity contribution in [1.82, 2.24) is 9.88 Å². The third-order valence-electron chi connectivity index (χ3n) is 7.43. The standard InChI is InChI=1S/C29H28N4O4/c1-31-13-15-32(16-14-31)22-3-5-23(6-4-22)33-26(19-8-11-30-12-9-19)25(28(35)29(33)36)27(34)21-2-7-24-20(18-21)10-17-37-24/h2-9,11-12,18,26,34H,10,13-17H2,1H3/b27-25-. The summed E-state index contributed by atoms with van der Waals surface area (Å²) in [5, 5.41) is 11.4. The number of likely N-dealkylation sites (N-methyl/N-ethyl adjacent to an activating group) is 1. The summed E-state index contributed by atoms with van der Waals surface area (Å²) in [4.78, 5) is 37.0. The molecule has 2 aromatic carbocycles. The number of ether oxygens (including phenoxy) is 1. The highest BCUT2D eigenvalue weighted by Crippen LogP contribution is 2.43. The van der Waals surface area contributed by atoms with E-state index in [1.807, 2.05) is 30.3 Å². The highest BCUT2D eigenvalue weighted by Gasteiger charge is 2.47. The van der Waals surface area contributed by atoms with E-state index in [4.69, 9.17) is 4.74 Å². The van der Waals surface area contributed by atoms with Gasteiger partial charge in [-0.3, -0.25) is 19.5 Å². The number of piperazine rings is 1. The molecule has 3 aromatic rings. The summed E-state index contributed by atoms with van der Waals surface area (Å²) in [5.74, 6) is -0.783. The number of hydrogen-bond acceptors (Lipinski definition) is 7. The van der Waals surface area contributed by atoms with Gasteiger partial charge in [-0.05, 0) is 72.8 Å². The van der Waals surface area contributed by atoms with E-state index in [0.717, 1.165) is 49.6 Å². The molecule has 2 fully saturated rings. The van der Waals surface area contributed by atoms with Crippen molar-refractivity contribution in [2.45, 2.75) is 12.5 Å². The van der Waals surface area contributed by atoms with Crippen LogP contribution in [0.1, 0.15) is 22.7 Å². The fourth-order valence-electron chi connectivity index (χ4n) is 5.34. The number of aliphatic hydroxyl groups is 1. The number of fused-ring (bicyclic) bond motifs is 1. The van der Waals surface area contributed by atoms with Crippen LogP contribution in [0, 0.1) is 0 Å². The Balaban J connectivity index is 1.41. The first kappa shape index (κ1) is 23.2. The summed E-state index contributed by atoms with van der Waals surface area (Å²) in [5.41, 5.74) is 3.91. The monoisotopic (exact) mass is 496 g/mol. The molecule has 1 atom stereocenters. The van der Waals surface area contributed by atoms with E-state index in [1.54, 1.807) is 36.7 Å². The Bertz CT molecular complexity index is 1380. The van der Waals surface area contributed by atoms with Gasteiger partial charge in [-0.2, -0.15) is 0 Å². The van der Waals surface area contributed by atoms with Crippen LogP contribution in [0.4, 0.5) is 11.4 Å². The average Bonchev–Trinajstić information content (AvgIpc) is 3.51. The maximum Gasteiger partial charge on any atom is 0.300 e. The van der Waals surface area contributed by atoms with Crippen LogP contribution in [0.3, 0.4) is 0 Å². The third-order valence-corrected chi connectivity index (χ3v) is 7.43. The molecule has 8 heteroatoms. The molecule has 3 aliphatic heterocycles. The fourth-order valence-corrected chi connectivity index (χ4v) is 5.34. The number of Topliss-reactive ketones (excluding diaryl/α,β-unsaturated/α-hetero) is 1. The van der Waals surface area contributed by atoms with Crippen LogP contribution in [0.2, 0.25) is 0 Å². The lowest BCUT2D eigenvalue weighted by atomic mass is 9.95. The van der Waals surface area contributed by atoms with Crippen molar-refractivity contribution in [1.29, 1.82) is 0 Å². The quantitative estimate of drug-likeness (QED) is 0.337. The average molecular weight is 497 g/mol. The highest BCUT2D eigenvalue weighted by molar-refractivity contribution is 6.51. The van der Waals surface area contributed by atoms with Gasteiger partial charge >= 0.3 is 0 Å². The normalized spacial score (nSPS) is 21.3. The molecule has 3 aliphatic rings. The van der Waals surface area contributed by atoms with Gasteiger partial charge in [-0.15, -0.1) is 0 Å². The van der Waals surface area contributed by atoms with Crippen molar-refractivity contribution in [3.63, 3.8) is 0 Å². The van der Waals surface area contributed by atoms with E-state index in [-0.39, 0.29) is 11.3 Å². The van der Waals surface area contributed by atoms with Gasteiger partial charge in [0.1, 0.15) is 11.5 Å². The molecule has 1 unspecified atom stereocenters. The Kier molecular flexibility index (Phi) is 5.88. The molecule has 188 valence electrons. The smallest absolute Gasteiger partial charge is 0.300 e. The minimum Gasteiger partial charge on any atom is -0.507 e. The fraction of sp³-hybridized carbons (Fsp3) is 0.276. The summed E-state index contributed by atoms with van der Waals surface area (Å²) >= 11 is 0. The Morgan fingerprint density at radius 3 is 2.38 bits per heavy atom. The largest absolute Gasteiger partial charge is 0.507 e. The zero-order valence-electron chi connectivity index (χ0n) is 20.6. The van der Waals surface area contributed by atoms with Crippen molar-refractivity contribution < 1.29 is 19.4 Å². The van der Waals surface area contributed by atoms with Gasteiger partial charge in [0.05, 0.1) is 18.2 Å². The molecule has 0 saturated carbocycles. The van der Waals surface area contributed by atoms with E-state index in [1.165, 1.54) is 4.90 Å². The van der Waals surface area contributed by atoms with Gasteiger partial charge in [0.25, 0.3) is 11.7 Å². The number of ketones is 1. The minimum atomic E-state index is -0.776. The topological polar surface area (TPSA) is 86.2 Å². The summed E-state index contributed by atoms with van der Waals surface area (Å²) in [6.07, 6.45) is 3.98. The molecule has 0 radical (unpaired) electrons. The molecule has 8 nitrogen and oxygen atoms in total. The number of rotatable bonds is 4. The lowest BCUT2D eigenvalue weighted by Gasteiger charge is -2.34. The number of aliphatic hydroxyl groups excluding tert-OH is 1. The molecule has 0 bridgehead atoms. The summed E-state index contributed by atoms with van der Waals surface area (Å²) in [6.45, 7) is 4.44. The number of anilines is 2. The second-order valence-corrected chi connectivity index (χ2v) is 9.68. The number of carbonyl (C=O) groups is 2. The number of amides is 1. The van der Waals surface area contributed by atoms with E-state index in [2.05, 4.69) is 21.8 Å². The highest BCUT2D eigenvalue weighted by atomic mass is 16.5. The molecule has 0 spiro atoms. The number of carbonyl (C=O) groups excluding carboxylic acids is 2. The molecular weight excluding hydrogens is 468 g/mol. The van der Waals surface area contributed by atoms with Gasteiger partial charge in [0.2, 0.25) is 0 Å². The van der Waals surface area contributed by atoms with Gasteiger partial charge in [-0.25, -0.2) is 0 Å². The SMILES string of the molecule is CN1CCN(c2ccc(N3C(=O)C(=O)/C(=C(\O)c4ccc5c(c4)CCO5)C3c3ccncc3)cc2)CC1. The Morgan fingerprint density at radius 2 is 1.65 bits per heavy atom. The molecule has 1 aromatic heterocycles. The Hall–Kier alpha value is -4.17. The first-order valence-corrected chi connectivity index (χ1v) is 12.5. The second kappa shape index (κ2) is 9.37. The van der Waals surface area contributed by atoms with Crippen LogP contribution >= 0.6 is 0 Å². The Labute approximate surface area is 215 Å². The van der Waals surface area contributed by atoms with Crippen LogP contribution in [-0.4, -0.2) is 66.5 Å². The second-order valence-electron chi connectivity index (χ2n) is 9.68. The first-order chi connectivity index (χ1) is 18.0. The van der Waals surface area contributed by atoms with Gasteiger partial charge in [0.15, 0.2) is 0 Å². The van der Waals surface area contributed by atoms with Crippen LogP contribution < -0.4 is 14.5 Å². The lowest BCUT2D eigenvalue weighted by Crippen LogP contribution is -2.44. The zero-order chi connectivity index (χ0) is 25.5. The summed E-state index contributed by atoms with van der Waals surface area (Å²) in [6, 6.07) is 15.8. The first-order valence-electron chi connectivity index (χ1n) is 12.5. The van der Waals surface area contributed by atoms with E-state index in [9.17, 15) is 14.7 Å². The van der Waals surface area contributed by atoms with E-state index < -0.39 is 17.7 Å². The van der Waals surface area contributed by atoms with Gasteiger partial charge in [-0.1, -0.05) is 0 Å². The van der Waals surface area contributed by atoms with E-state index in [0.29, 0.717) is 23.4 Å². The molecule has 0 aliphatic carbocycles. The van der Waals surface area contributed by atoms with Gasteiger partial charge < -0.3 is 19.6 Å². The molecular formula is C29H28N4O4.